The van der Waals surface area contributed by atoms with Crippen LogP contribution in [0, 0.1) is 5.92 Å². The van der Waals surface area contributed by atoms with Gasteiger partial charge in [-0.1, -0.05) is 37.2 Å². The van der Waals surface area contributed by atoms with Gasteiger partial charge in [-0.15, -0.1) is 0 Å². The summed E-state index contributed by atoms with van der Waals surface area (Å²) in [5.41, 5.74) is 0. The van der Waals surface area contributed by atoms with Crippen LogP contribution in [0.1, 0.15) is 13.8 Å². The average Bonchev–Trinajstić information content (AvgIpc) is 2.15. The molecule has 0 amide bonds. The van der Waals surface area contributed by atoms with E-state index in [1.807, 2.05) is 13.8 Å². The van der Waals surface area contributed by atoms with Crippen molar-refractivity contribution in [3.63, 3.8) is 0 Å². The Hall–Kier alpha value is -0.740. The zero-order valence-electron chi connectivity index (χ0n) is 8.48. The minimum Gasteiger partial charge on any atom is -0.480 e. The molecule has 5 heteroatoms. The Kier molecular flexibility index (Phi) is 4.42. The van der Waals surface area contributed by atoms with Gasteiger partial charge in [-0.25, -0.2) is 4.98 Å². The van der Waals surface area contributed by atoms with Crippen LogP contribution in [-0.2, 0) is 4.79 Å². The van der Waals surface area contributed by atoms with Crippen LogP contribution in [0.4, 0.5) is 0 Å². The van der Waals surface area contributed by atoms with Crippen LogP contribution >= 0.6 is 23.4 Å². The molecule has 0 saturated carbocycles. The third kappa shape index (κ3) is 3.72. The van der Waals surface area contributed by atoms with Crippen LogP contribution in [0.3, 0.4) is 0 Å². The lowest BCUT2D eigenvalue weighted by Crippen LogP contribution is -2.22. The van der Waals surface area contributed by atoms with Crippen LogP contribution in [0.2, 0.25) is 5.02 Å². The van der Waals surface area contributed by atoms with Gasteiger partial charge in [0, 0.05) is 6.20 Å². The zero-order chi connectivity index (χ0) is 11.4. The molecular formula is C10H12ClNO2S. The van der Waals surface area contributed by atoms with E-state index < -0.39 is 11.2 Å². The largest absolute Gasteiger partial charge is 0.480 e. The molecule has 0 aliphatic carbocycles. The molecule has 1 N–H and O–H groups in total. The lowest BCUT2D eigenvalue weighted by Gasteiger charge is -2.14. The predicted molar refractivity (Wildman–Crippen MR) is 61.4 cm³/mol. The third-order valence-electron chi connectivity index (χ3n) is 1.80. The van der Waals surface area contributed by atoms with Crippen molar-refractivity contribution >= 4 is 29.3 Å². The molecule has 1 aromatic heterocycles. The number of carboxylic acid groups (broad SMARTS) is 1. The molecule has 15 heavy (non-hydrogen) atoms. The Morgan fingerprint density at radius 3 is 2.60 bits per heavy atom. The van der Waals surface area contributed by atoms with Gasteiger partial charge in [0.15, 0.2) is 0 Å². The molecule has 82 valence electrons. The number of thioether (sulfide) groups is 1. The fourth-order valence-electron chi connectivity index (χ4n) is 1.03. The van der Waals surface area contributed by atoms with Gasteiger partial charge in [0.1, 0.15) is 5.25 Å². The van der Waals surface area contributed by atoms with Gasteiger partial charge in [-0.2, -0.15) is 0 Å². The van der Waals surface area contributed by atoms with Crippen LogP contribution in [0.5, 0.6) is 0 Å². The SMILES string of the molecule is CC(C)C(Sc1ccc(Cl)cn1)C(=O)O. The Labute approximate surface area is 97.9 Å². The highest BCUT2D eigenvalue weighted by Gasteiger charge is 2.23. The summed E-state index contributed by atoms with van der Waals surface area (Å²) in [5.74, 6) is -0.753. The summed E-state index contributed by atoms with van der Waals surface area (Å²) < 4.78 is 0. The number of halogens is 1. The molecule has 3 nitrogen and oxygen atoms in total. The van der Waals surface area contributed by atoms with Crippen LogP contribution in [0.25, 0.3) is 0 Å². The highest BCUT2D eigenvalue weighted by atomic mass is 35.5. The Morgan fingerprint density at radius 1 is 1.53 bits per heavy atom. The second-order valence-electron chi connectivity index (χ2n) is 3.44. The second-order valence-corrected chi connectivity index (χ2v) is 5.03. The molecule has 0 fully saturated rings. The molecule has 0 saturated heterocycles. The summed E-state index contributed by atoms with van der Waals surface area (Å²) in [4.78, 5) is 15.0. The predicted octanol–water partition coefficient (Wildman–Crippen LogP) is 2.94. The lowest BCUT2D eigenvalue weighted by atomic mass is 10.1. The first-order valence-corrected chi connectivity index (χ1v) is 5.77. The van der Waals surface area contributed by atoms with Crippen molar-refractivity contribution in [2.75, 3.05) is 0 Å². The summed E-state index contributed by atoms with van der Waals surface area (Å²) in [6.45, 7) is 3.75. The third-order valence-corrected chi connectivity index (χ3v) is 3.50. The fraction of sp³-hybridized carbons (Fsp3) is 0.400. The van der Waals surface area contributed by atoms with Crippen molar-refractivity contribution in [2.45, 2.75) is 24.1 Å². The number of carboxylic acids is 1. The molecule has 0 bridgehead atoms. The maximum Gasteiger partial charge on any atom is 0.317 e. The van der Waals surface area contributed by atoms with Crippen molar-refractivity contribution in [3.05, 3.63) is 23.4 Å². The molecule has 1 aromatic rings. The number of aromatic nitrogens is 1. The number of carbonyl (C=O) groups is 1. The minimum absolute atomic E-state index is 0.0602. The summed E-state index contributed by atoms with van der Waals surface area (Å²) >= 11 is 6.93. The molecule has 1 unspecified atom stereocenters. The Morgan fingerprint density at radius 2 is 2.20 bits per heavy atom. The van der Waals surface area contributed by atoms with Gasteiger partial charge in [-0.05, 0) is 18.1 Å². The van der Waals surface area contributed by atoms with Crippen molar-refractivity contribution in [1.82, 2.24) is 4.98 Å². The molecular weight excluding hydrogens is 234 g/mol. The van der Waals surface area contributed by atoms with Crippen molar-refractivity contribution in [3.8, 4) is 0 Å². The minimum atomic E-state index is -0.813. The normalized spacial score (nSPS) is 12.8. The lowest BCUT2D eigenvalue weighted by molar-refractivity contribution is -0.137. The molecule has 0 spiro atoms. The second kappa shape index (κ2) is 5.37. The quantitative estimate of drug-likeness (QED) is 0.829. The standard InChI is InChI=1S/C10H12ClNO2S/c1-6(2)9(10(13)14)15-8-4-3-7(11)5-12-8/h3-6,9H,1-2H3,(H,13,14). The van der Waals surface area contributed by atoms with E-state index in [9.17, 15) is 4.79 Å². The highest BCUT2D eigenvalue weighted by molar-refractivity contribution is 8.00. The molecule has 1 heterocycles. The average molecular weight is 246 g/mol. The van der Waals surface area contributed by atoms with E-state index in [0.29, 0.717) is 10.0 Å². The van der Waals surface area contributed by atoms with Gasteiger partial charge < -0.3 is 5.11 Å². The zero-order valence-corrected chi connectivity index (χ0v) is 10.0. The van der Waals surface area contributed by atoms with E-state index in [4.69, 9.17) is 16.7 Å². The molecule has 1 rings (SSSR count). The smallest absolute Gasteiger partial charge is 0.317 e. The van der Waals surface area contributed by atoms with Crippen LogP contribution in [0.15, 0.2) is 23.4 Å². The fourth-order valence-corrected chi connectivity index (χ4v) is 2.04. The van der Waals surface area contributed by atoms with Crippen LogP contribution < -0.4 is 0 Å². The van der Waals surface area contributed by atoms with E-state index in [2.05, 4.69) is 4.98 Å². The number of aliphatic carboxylic acids is 1. The topological polar surface area (TPSA) is 50.2 Å². The number of pyridine rings is 1. The van der Waals surface area contributed by atoms with E-state index in [-0.39, 0.29) is 5.92 Å². The van der Waals surface area contributed by atoms with Gasteiger partial charge >= 0.3 is 5.97 Å². The van der Waals surface area contributed by atoms with Gasteiger partial charge in [0.25, 0.3) is 0 Å². The number of rotatable bonds is 4. The molecule has 0 aromatic carbocycles. The maximum absolute atomic E-state index is 10.9. The Balaban J connectivity index is 2.74. The van der Waals surface area contributed by atoms with Crippen molar-refractivity contribution < 1.29 is 9.90 Å². The number of hydrogen-bond acceptors (Lipinski definition) is 3. The highest BCUT2D eigenvalue weighted by Crippen LogP contribution is 2.27. The van der Waals surface area contributed by atoms with Crippen LogP contribution in [-0.4, -0.2) is 21.3 Å². The van der Waals surface area contributed by atoms with Gasteiger partial charge in [0.2, 0.25) is 0 Å². The first kappa shape index (κ1) is 12.3. The van der Waals surface area contributed by atoms with E-state index in [1.165, 1.54) is 18.0 Å². The summed E-state index contributed by atoms with van der Waals surface area (Å²) in [5, 5.41) is 9.74. The summed E-state index contributed by atoms with van der Waals surface area (Å²) in [6.07, 6.45) is 1.52. The van der Waals surface area contributed by atoms with Crippen molar-refractivity contribution in [1.29, 1.82) is 0 Å². The molecule has 0 aliphatic rings. The number of nitrogens with zero attached hydrogens (tertiary/aromatic N) is 1. The number of hydrogen-bond donors (Lipinski definition) is 1. The molecule has 1 atom stereocenters. The first-order valence-electron chi connectivity index (χ1n) is 4.51. The van der Waals surface area contributed by atoms with E-state index >= 15 is 0 Å². The van der Waals surface area contributed by atoms with Gasteiger partial charge in [0.05, 0.1) is 10.0 Å². The molecule has 0 radical (unpaired) electrons. The Bertz CT molecular complexity index is 340. The van der Waals surface area contributed by atoms with Crippen molar-refractivity contribution in [2.24, 2.45) is 5.92 Å². The maximum atomic E-state index is 10.9. The summed E-state index contributed by atoms with van der Waals surface area (Å²) in [6, 6.07) is 3.43. The molecule has 0 aliphatic heterocycles. The van der Waals surface area contributed by atoms with E-state index in [1.54, 1.807) is 12.1 Å². The monoisotopic (exact) mass is 245 g/mol. The summed E-state index contributed by atoms with van der Waals surface area (Å²) in [7, 11) is 0. The van der Waals surface area contributed by atoms with Gasteiger partial charge in [-0.3, -0.25) is 4.79 Å². The first-order chi connectivity index (χ1) is 7.00. The van der Waals surface area contributed by atoms with E-state index in [0.717, 1.165) is 0 Å².